The van der Waals surface area contributed by atoms with Gasteiger partial charge in [0.15, 0.2) is 11.5 Å². The van der Waals surface area contributed by atoms with E-state index in [-0.39, 0.29) is 18.2 Å². The highest BCUT2D eigenvalue weighted by Crippen LogP contribution is 2.26. The van der Waals surface area contributed by atoms with Gasteiger partial charge >= 0.3 is 0 Å². The van der Waals surface area contributed by atoms with Gasteiger partial charge in [-0.3, -0.25) is 4.79 Å². The molecule has 0 bridgehead atoms. The normalized spacial score (nSPS) is 12.6. The monoisotopic (exact) mass is 321 g/mol. The molecule has 1 aromatic rings. The SMILES string of the molecule is COc1cc(CNC(=O)C(O)CCC/C=C/C(C)C)ccc1O. The Morgan fingerprint density at radius 1 is 1.39 bits per heavy atom. The highest BCUT2D eigenvalue weighted by atomic mass is 16.5. The molecule has 1 amide bonds. The highest BCUT2D eigenvalue weighted by Gasteiger charge is 2.14. The molecule has 128 valence electrons. The third kappa shape index (κ3) is 7.19. The molecule has 0 aliphatic rings. The second-order valence-electron chi connectivity index (χ2n) is 5.84. The molecule has 5 nitrogen and oxygen atoms in total. The molecule has 0 aliphatic carbocycles. The van der Waals surface area contributed by atoms with Crippen LogP contribution in [0.3, 0.4) is 0 Å². The number of carbonyl (C=O) groups is 1. The Kier molecular flexibility index (Phi) is 8.19. The summed E-state index contributed by atoms with van der Waals surface area (Å²) in [6, 6.07) is 4.86. The van der Waals surface area contributed by atoms with E-state index in [1.54, 1.807) is 12.1 Å². The minimum atomic E-state index is -0.999. The Morgan fingerprint density at radius 2 is 2.13 bits per heavy atom. The molecular weight excluding hydrogens is 294 g/mol. The van der Waals surface area contributed by atoms with Gasteiger partial charge in [0.1, 0.15) is 6.10 Å². The van der Waals surface area contributed by atoms with Gasteiger partial charge in [-0.2, -0.15) is 0 Å². The predicted octanol–water partition coefficient (Wildman–Crippen LogP) is 2.76. The van der Waals surface area contributed by atoms with E-state index >= 15 is 0 Å². The second-order valence-corrected chi connectivity index (χ2v) is 5.84. The number of aromatic hydroxyl groups is 1. The van der Waals surface area contributed by atoms with Crippen molar-refractivity contribution in [3.63, 3.8) is 0 Å². The first kappa shape index (κ1) is 19.0. The van der Waals surface area contributed by atoms with Crippen molar-refractivity contribution in [1.29, 1.82) is 0 Å². The fourth-order valence-corrected chi connectivity index (χ4v) is 2.07. The maximum Gasteiger partial charge on any atom is 0.249 e. The fourth-order valence-electron chi connectivity index (χ4n) is 2.07. The molecule has 23 heavy (non-hydrogen) atoms. The fraction of sp³-hybridized carbons (Fsp3) is 0.500. The number of allylic oxidation sites excluding steroid dienone is 2. The number of ether oxygens (including phenoxy) is 1. The minimum absolute atomic E-state index is 0.0528. The first-order valence-electron chi connectivity index (χ1n) is 7.92. The van der Waals surface area contributed by atoms with Crippen LogP contribution >= 0.6 is 0 Å². The zero-order chi connectivity index (χ0) is 17.2. The molecule has 5 heteroatoms. The molecule has 1 atom stereocenters. The zero-order valence-corrected chi connectivity index (χ0v) is 14.1. The molecule has 0 saturated heterocycles. The van der Waals surface area contributed by atoms with Crippen LogP contribution in [0.15, 0.2) is 30.4 Å². The molecule has 0 saturated carbocycles. The van der Waals surface area contributed by atoms with Crippen molar-refractivity contribution in [2.24, 2.45) is 5.92 Å². The summed E-state index contributed by atoms with van der Waals surface area (Å²) in [4.78, 5) is 11.8. The average molecular weight is 321 g/mol. The van der Waals surface area contributed by atoms with Crippen molar-refractivity contribution in [3.8, 4) is 11.5 Å². The lowest BCUT2D eigenvalue weighted by atomic mass is 10.1. The van der Waals surface area contributed by atoms with Gasteiger partial charge in [0.25, 0.3) is 0 Å². The Hall–Kier alpha value is -2.01. The van der Waals surface area contributed by atoms with Gasteiger partial charge in [0.05, 0.1) is 7.11 Å². The van der Waals surface area contributed by atoms with Crippen molar-refractivity contribution in [1.82, 2.24) is 5.32 Å². The van der Waals surface area contributed by atoms with E-state index < -0.39 is 6.10 Å². The first-order valence-corrected chi connectivity index (χ1v) is 7.92. The summed E-state index contributed by atoms with van der Waals surface area (Å²) in [6.07, 6.45) is 5.26. The second kappa shape index (κ2) is 9.90. The van der Waals surface area contributed by atoms with Gasteiger partial charge in [-0.15, -0.1) is 0 Å². The van der Waals surface area contributed by atoms with Crippen LogP contribution in [-0.2, 0) is 11.3 Å². The molecule has 0 fully saturated rings. The van der Waals surface area contributed by atoms with Crippen LogP contribution in [0.2, 0.25) is 0 Å². The van der Waals surface area contributed by atoms with Crippen LogP contribution in [0.25, 0.3) is 0 Å². The van der Waals surface area contributed by atoms with Crippen molar-refractivity contribution in [2.75, 3.05) is 7.11 Å². The van der Waals surface area contributed by atoms with Crippen LogP contribution in [0, 0.1) is 5.92 Å². The van der Waals surface area contributed by atoms with E-state index in [0.29, 0.717) is 18.1 Å². The van der Waals surface area contributed by atoms with Crippen LogP contribution in [0.1, 0.15) is 38.7 Å². The number of benzene rings is 1. The summed E-state index contributed by atoms with van der Waals surface area (Å²) in [7, 11) is 1.47. The molecule has 3 N–H and O–H groups in total. The molecule has 0 spiro atoms. The van der Waals surface area contributed by atoms with Gasteiger partial charge in [0, 0.05) is 6.54 Å². The molecular formula is C18H27NO4. The molecule has 0 aliphatic heterocycles. The van der Waals surface area contributed by atoms with E-state index in [1.165, 1.54) is 13.2 Å². The highest BCUT2D eigenvalue weighted by molar-refractivity contribution is 5.80. The first-order chi connectivity index (χ1) is 10.9. The number of methoxy groups -OCH3 is 1. The molecule has 1 unspecified atom stereocenters. The van der Waals surface area contributed by atoms with Crippen molar-refractivity contribution < 1.29 is 19.7 Å². The largest absolute Gasteiger partial charge is 0.504 e. The number of hydrogen-bond acceptors (Lipinski definition) is 4. The standard InChI is InChI=1S/C18H27NO4/c1-13(2)7-5-4-6-8-16(21)18(22)19-12-14-9-10-15(20)17(11-14)23-3/h5,7,9-11,13,16,20-21H,4,6,8,12H2,1-3H3,(H,19,22)/b7-5+. The average Bonchev–Trinajstić information content (AvgIpc) is 2.52. The summed E-state index contributed by atoms with van der Waals surface area (Å²) in [5.41, 5.74) is 0.792. The number of carbonyl (C=O) groups excluding carboxylic acids is 1. The summed E-state index contributed by atoms with van der Waals surface area (Å²) < 4.78 is 5.01. The maximum absolute atomic E-state index is 11.8. The van der Waals surface area contributed by atoms with Crippen LogP contribution in [-0.4, -0.2) is 29.3 Å². The summed E-state index contributed by atoms with van der Waals surface area (Å²) in [6.45, 7) is 4.49. The van der Waals surface area contributed by atoms with E-state index in [2.05, 4.69) is 31.3 Å². The van der Waals surface area contributed by atoms with Gasteiger partial charge in [-0.1, -0.05) is 32.1 Å². The Labute approximate surface area is 138 Å². The number of aliphatic hydroxyl groups is 1. The molecule has 0 heterocycles. The van der Waals surface area contributed by atoms with E-state index in [1.807, 2.05) is 0 Å². The summed E-state index contributed by atoms with van der Waals surface area (Å²) in [5.74, 6) is 0.543. The Bertz CT molecular complexity index is 526. The summed E-state index contributed by atoms with van der Waals surface area (Å²) >= 11 is 0. The van der Waals surface area contributed by atoms with Gasteiger partial charge < -0.3 is 20.3 Å². The van der Waals surface area contributed by atoms with Crippen LogP contribution < -0.4 is 10.1 Å². The predicted molar refractivity (Wildman–Crippen MR) is 90.3 cm³/mol. The van der Waals surface area contributed by atoms with E-state index in [0.717, 1.165) is 18.4 Å². The lowest BCUT2D eigenvalue weighted by Gasteiger charge is -2.12. The lowest BCUT2D eigenvalue weighted by molar-refractivity contribution is -0.129. The number of aliphatic hydroxyl groups excluding tert-OH is 1. The number of phenolic OH excluding ortho intramolecular Hbond substituents is 1. The van der Waals surface area contributed by atoms with E-state index in [9.17, 15) is 15.0 Å². The minimum Gasteiger partial charge on any atom is -0.504 e. The Morgan fingerprint density at radius 3 is 2.78 bits per heavy atom. The summed E-state index contributed by atoms with van der Waals surface area (Å²) in [5, 5.41) is 22.1. The Balaban J connectivity index is 2.35. The third-order valence-corrected chi connectivity index (χ3v) is 3.38. The number of amides is 1. The zero-order valence-electron chi connectivity index (χ0n) is 14.1. The number of phenols is 1. The lowest BCUT2D eigenvalue weighted by Crippen LogP contribution is -2.34. The number of hydrogen-bond donors (Lipinski definition) is 3. The van der Waals surface area contributed by atoms with Crippen molar-refractivity contribution >= 4 is 5.91 Å². The maximum atomic E-state index is 11.8. The smallest absolute Gasteiger partial charge is 0.249 e. The molecule has 1 rings (SSSR count). The molecule has 0 aromatic heterocycles. The van der Waals surface area contributed by atoms with Crippen molar-refractivity contribution in [3.05, 3.63) is 35.9 Å². The number of unbranched alkanes of at least 4 members (excludes halogenated alkanes) is 1. The molecule has 1 aromatic carbocycles. The van der Waals surface area contributed by atoms with Gasteiger partial charge in [0.2, 0.25) is 5.91 Å². The van der Waals surface area contributed by atoms with Gasteiger partial charge in [-0.05, 0) is 42.9 Å². The van der Waals surface area contributed by atoms with Crippen LogP contribution in [0.4, 0.5) is 0 Å². The van der Waals surface area contributed by atoms with Gasteiger partial charge in [-0.25, -0.2) is 0 Å². The van der Waals surface area contributed by atoms with Crippen LogP contribution in [0.5, 0.6) is 11.5 Å². The number of nitrogens with one attached hydrogen (secondary N) is 1. The quantitative estimate of drug-likeness (QED) is 0.483. The van der Waals surface area contributed by atoms with E-state index in [4.69, 9.17) is 4.74 Å². The topological polar surface area (TPSA) is 78.8 Å². The molecule has 0 radical (unpaired) electrons. The third-order valence-electron chi connectivity index (χ3n) is 3.38. The van der Waals surface area contributed by atoms with Crippen molar-refractivity contribution in [2.45, 2.75) is 45.8 Å². The number of rotatable bonds is 9.